The molecule has 134 valence electrons. The summed E-state index contributed by atoms with van der Waals surface area (Å²) in [5.74, 6) is -0.536. The van der Waals surface area contributed by atoms with E-state index >= 15 is 0 Å². The van der Waals surface area contributed by atoms with E-state index in [9.17, 15) is 23.1 Å². The summed E-state index contributed by atoms with van der Waals surface area (Å²) in [6.07, 6.45) is -5.32. The van der Waals surface area contributed by atoms with Crippen molar-refractivity contribution in [3.05, 3.63) is 59.7 Å². The predicted octanol–water partition coefficient (Wildman–Crippen LogP) is 5.03. The van der Waals surface area contributed by atoms with Gasteiger partial charge in [-0.1, -0.05) is 17.7 Å². The first-order valence-corrected chi connectivity index (χ1v) is 8.50. The molecule has 7 heteroatoms. The highest BCUT2D eigenvalue weighted by Gasteiger charge is 2.30. The molecule has 0 aliphatic rings. The first-order valence-electron chi connectivity index (χ1n) is 7.52. The lowest BCUT2D eigenvalue weighted by Crippen LogP contribution is -2.27. The lowest BCUT2D eigenvalue weighted by Gasteiger charge is -2.15. The second kappa shape index (κ2) is 8.29. The van der Waals surface area contributed by atoms with E-state index < -0.39 is 23.8 Å². The lowest BCUT2D eigenvalue weighted by atomic mass is 10.2. The molecule has 0 aliphatic carbocycles. The third-order valence-electron chi connectivity index (χ3n) is 3.41. The zero-order valence-electron chi connectivity index (χ0n) is 13.4. The average molecular weight is 370 g/mol. The highest BCUT2D eigenvalue weighted by atomic mass is 32.2. The van der Waals surface area contributed by atoms with E-state index in [0.29, 0.717) is 5.75 Å². The molecule has 0 bridgehead atoms. The fourth-order valence-corrected chi connectivity index (χ4v) is 2.93. The largest absolute Gasteiger partial charge is 0.479 e. The smallest absolute Gasteiger partial charge is 0.416 e. The molecule has 0 aromatic heterocycles. The summed E-state index contributed by atoms with van der Waals surface area (Å²) in [7, 11) is 0. The summed E-state index contributed by atoms with van der Waals surface area (Å²) in [5, 5.41) is 9.24. The zero-order chi connectivity index (χ0) is 18.4. The SMILES string of the molecule is Cc1ccc(SCCC(Oc2ccc(C(F)(F)F)cc2)C(=O)O)cc1. The number of carboxylic acid groups (broad SMARTS) is 1. The molecule has 3 nitrogen and oxygen atoms in total. The predicted molar refractivity (Wildman–Crippen MR) is 90.0 cm³/mol. The highest BCUT2D eigenvalue weighted by molar-refractivity contribution is 7.99. The normalized spacial score (nSPS) is 12.6. The Balaban J connectivity index is 1.92. The Morgan fingerprint density at radius 1 is 1.12 bits per heavy atom. The van der Waals surface area contributed by atoms with Crippen LogP contribution >= 0.6 is 11.8 Å². The van der Waals surface area contributed by atoms with E-state index in [0.717, 1.165) is 34.7 Å². The summed E-state index contributed by atoms with van der Waals surface area (Å²) in [6, 6.07) is 11.8. The summed E-state index contributed by atoms with van der Waals surface area (Å²) >= 11 is 1.50. The minimum Gasteiger partial charge on any atom is -0.479 e. The van der Waals surface area contributed by atoms with Crippen molar-refractivity contribution in [3.63, 3.8) is 0 Å². The van der Waals surface area contributed by atoms with Crippen LogP contribution in [0.25, 0.3) is 0 Å². The molecule has 0 saturated heterocycles. The number of carboxylic acids is 1. The molecule has 0 radical (unpaired) electrons. The lowest BCUT2D eigenvalue weighted by molar-refractivity contribution is -0.145. The van der Waals surface area contributed by atoms with Gasteiger partial charge < -0.3 is 9.84 Å². The number of aryl methyl sites for hydroxylation is 1. The minimum atomic E-state index is -4.44. The molecule has 0 saturated carbocycles. The molecule has 1 unspecified atom stereocenters. The number of benzene rings is 2. The molecule has 0 spiro atoms. The van der Waals surface area contributed by atoms with Gasteiger partial charge in [0.25, 0.3) is 0 Å². The van der Waals surface area contributed by atoms with Gasteiger partial charge in [-0.3, -0.25) is 0 Å². The molecule has 2 rings (SSSR count). The van der Waals surface area contributed by atoms with Crippen molar-refractivity contribution in [1.29, 1.82) is 0 Å². The van der Waals surface area contributed by atoms with E-state index in [-0.39, 0.29) is 12.2 Å². The Hall–Kier alpha value is -2.15. The van der Waals surface area contributed by atoms with E-state index in [1.165, 1.54) is 11.8 Å². The molecule has 1 N–H and O–H groups in total. The number of thioether (sulfide) groups is 1. The van der Waals surface area contributed by atoms with Crippen LogP contribution in [0.1, 0.15) is 17.5 Å². The van der Waals surface area contributed by atoms with Crippen molar-refractivity contribution in [2.24, 2.45) is 0 Å². The fourth-order valence-electron chi connectivity index (χ4n) is 2.04. The van der Waals surface area contributed by atoms with Crippen LogP contribution in [0, 0.1) is 6.92 Å². The molecule has 2 aromatic rings. The minimum absolute atomic E-state index is 0.0979. The van der Waals surface area contributed by atoms with Gasteiger partial charge in [0.2, 0.25) is 0 Å². The number of hydrogen-bond acceptors (Lipinski definition) is 3. The van der Waals surface area contributed by atoms with Gasteiger partial charge in [0.1, 0.15) is 5.75 Å². The van der Waals surface area contributed by atoms with E-state index in [1.54, 1.807) is 0 Å². The van der Waals surface area contributed by atoms with Gasteiger partial charge in [-0.05, 0) is 43.3 Å². The second-order valence-electron chi connectivity index (χ2n) is 5.42. The van der Waals surface area contributed by atoms with E-state index in [4.69, 9.17) is 4.74 Å². The van der Waals surface area contributed by atoms with Crippen LogP contribution in [0.5, 0.6) is 5.75 Å². The summed E-state index contributed by atoms with van der Waals surface area (Å²) < 4.78 is 42.9. The van der Waals surface area contributed by atoms with E-state index in [1.807, 2.05) is 31.2 Å². The quantitative estimate of drug-likeness (QED) is 0.695. The van der Waals surface area contributed by atoms with Crippen molar-refractivity contribution in [2.45, 2.75) is 30.5 Å². The number of halogens is 3. The summed E-state index contributed by atoms with van der Waals surface area (Å²) in [4.78, 5) is 12.3. The maximum Gasteiger partial charge on any atom is 0.416 e. The number of ether oxygens (including phenoxy) is 1. The maximum absolute atomic E-state index is 12.5. The molecule has 0 heterocycles. The first kappa shape index (κ1) is 19.2. The van der Waals surface area contributed by atoms with Crippen molar-refractivity contribution in [2.75, 3.05) is 5.75 Å². The maximum atomic E-state index is 12.5. The van der Waals surface area contributed by atoms with Gasteiger partial charge in [-0.2, -0.15) is 13.2 Å². The van der Waals surface area contributed by atoms with Crippen LogP contribution in [0.2, 0.25) is 0 Å². The number of rotatable bonds is 7. The van der Waals surface area contributed by atoms with Gasteiger partial charge in [0, 0.05) is 17.1 Å². The Bertz CT molecular complexity index is 697. The van der Waals surface area contributed by atoms with Gasteiger partial charge in [-0.25, -0.2) is 4.79 Å². The molecule has 0 amide bonds. The van der Waals surface area contributed by atoms with Crippen LogP contribution in [0.15, 0.2) is 53.4 Å². The van der Waals surface area contributed by atoms with Crippen LogP contribution in [-0.2, 0) is 11.0 Å². The molecular formula is C18H17F3O3S. The Labute approximate surface area is 147 Å². The van der Waals surface area contributed by atoms with Crippen molar-refractivity contribution < 1.29 is 27.8 Å². The molecule has 1 atom stereocenters. The zero-order valence-corrected chi connectivity index (χ0v) is 14.2. The average Bonchev–Trinajstić information content (AvgIpc) is 2.55. The number of hydrogen-bond donors (Lipinski definition) is 1. The monoisotopic (exact) mass is 370 g/mol. The summed E-state index contributed by atoms with van der Waals surface area (Å²) in [6.45, 7) is 1.98. The van der Waals surface area contributed by atoms with Gasteiger partial charge in [0.15, 0.2) is 6.10 Å². The number of aliphatic carboxylic acids is 1. The standard InChI is InChI=1S/C18H17F3O3S/c1-12-2-8-15(9-3-12)25-11-10-16(17(22)23)24-14-6-4-13(5-7-14)18(19,20)21/h2-9,16H,10-11H2,1H3,(H,22,23). The van der Waals surface area contributed by atoms with Gasteiger partial charge in [-0.15, -0.1) is 11.8 Å². The summed E-state index contributed by atoms with van der Waals surface area (Å²) in [5.41, 5.74) is 0.333. The molecule has 2 aromatic carbocycles. The highest BCUT2D eigenvalue weighted by Crippen LogP contribution is 2.30. The molecule has 0 fully saturated rings. The Morgan fingerprint density at radius 3 is 2.24 bits per heavy atom. The van der Waals surface area contributed by atoms with E-state index in [2.05, 4.69) is 0 Å². The molecule has 25 heavy (non-hydrogen) atoms. The number of alkyl halides is 3. The van der Waals surface area contributed by atoms with Crippen LogP contribution in [0.3, 0.4) is 0 Å². The van der Waals surface area contributed by atoms with Gasteiger partial charge in [0.05, 0.1) is 5.56 Å². The van der Waals surface area contributed by atoms with Crippen LogP contribution < -0.4 is 4.74 Å². The third kappa shape index (κ3) is 6.01. The Kier molecular flexibility index (Phi) is 6.36. The topological polar surface area (TPSA) is 46.5 Å². The third-order valence-corrected chi connectivity index (χ3v) is 4.45. The van der Waals surface area contributed by atoms with Crippen molar-refractivity contribution in [1.82, 2.24) is 0 Å². The second-order valence-corrected chi connectivity index (χ2v) is 6.59. The molecule has 0 aliphatic heterocycles. The van der Waals surface area contributed by atoms with Crippen molar-refractivity contribution in [3.8, 4) is 5.75 Å². The number of carbonyl (C=O) groups is 1. The molecular weight excluding hydrogens is 353 g/mol. The van der Waals surface area contributed by atoms with Gasteiger partial charge >= 0.3 is 12.1 Å². The van der Waals surface area contributed by atoms with Crippen LogP contribution in [-0.4, -0.2) is 22.9 Å². The Morgan fingerprint density at radius 2 is 1.72 bits per heavy atom. The van der Waals surface area contributed by atoms with Crippen LogP contribution in [0.4, 0.5) is 13.2 Å². The fraction of sp³-hybridized carbons (Fsp3) is 0.278. The first-order chi connectivity index (χ1) is 11.8. The van der Waals surface area contributed by atoms with Crippen molar-refractivity contribution >= 4 is 17.7 Å².